The number of hydrogen-bond donors (Lipinski definition) is 0. The zero-order chi connectivity index (χ0) is 11.7. The SMILES string of the molecule is C=C(/C(C)=C(\C)[Si](C)(C)C)[Si](C)(C)C. The van der Waals surface area contributed by atoms with Crippen molar-refractivity contribution in [1.29, 1.82) is 0 Å². The molecule has 0 fully saturated rings. The Kier molecular flexibility index (Phi) is 4.16. The second-order valence-electron chi connectivity index (χ2n) is 6.23. The van der Waals surface area contributed by atoms with Gasteiger partial charge in [-0.1, -0.05) is 61.8 Å². The Hall–Kier alpha value is -0.0862. The van der Waals surface area contributed by atoms with Crippen LogP contribution in [0.25, 0.3) is 0 Å². The predicted molar refractivity (Wildman–Crippen MR) is 74.2 cm³/mol. The molecule has 0 spiro atoms. The Balaban J connectivity index is 5.14. The van der Waals surface area contributed by atoms with Crippen LogP contribution >= 0.6 is 0 Å². The summed E-state index contributed by atoms with van der Waals surface area (Å²) in [5.74, 6) is 0. The Morgan fingerprint density at radius 1 is 0.786 bits per heavy atom. The van der Waals surface area contributed by atoms with E-state index in [-0.39, 0.29) is 0 Å². The van der Waals surface area contributed by atoms with Crippen LogP contribution in [0.15, 0.2) is 22.5 Å². The molecular formula is C12H26Si2. The van der Waals surface area contributed by atoms with Crippen LogP contribution in [0.3, 0.4) is 0 Å². The molecular weight excluding hydrogens is 200 g/mol. The van der Waals surface area contributed by atoms with Crippen LogP contribution < -0.4 is 0 Å². The van der Waals surface area contributed by atoms with E-state index >= 15 is 0 Å². The minimum atomic E-state index is -1.20. The van der Waals surface area contributed by atoms with Crippen molar-refractivity contribution in [3.05, 3.63) is 22.5 Å². The monoisotopic (exact) mass is 226 g/mol. The fourth-order valence-electron chi connectivity index (χ4n) is 1.35. The molecule has 0 heterocycles. The summed E-state index contributed by atoms with van der Waals surface area (Å²) in [6, 6.07) is 0. The average molecular weight is 227 g/mol. The lowest BCUT2D eigenvalue weighted by Gasteiger charge is -2.26. The zero-order valence-corrected chi connectivity index (χ0v) is 13.2. The first-order valence-corrected chi connectivity index (χ1v) is 12.4. The first-order chi connectivity index (χ1) is 5.98. The first-order valence-electron chi connectivity index (χ1n) is 5.35. The van der Waals surface area contributed by atoms with E-state index in [4.69, 9.17) is 0 Å². The topological polar surface area (TPSA) is 0 Å². The van der Waals surface area contributed by atoms with E-state index in [1.54, 1.807) is 5.20 Å². The molecule has 0 aromatic heterocycles. The molecule has 0 aromatic carbocycles. The summed E-state index contributed by atoms with van der Waals surface area (Å²) in [4.78, 5) is 0. The number of allylic oxidation sites excluding steroid dienone is 3. The van der Waals surface area contributed by atoms with Crippen LogP contribution in [0.5, 0.6) is 0 Å². The molecule has 0 aromatic rings. The largest absolute Gasteiger partial charge is 0.0996 e. The van der Waals surface area contributed by atoms with Gasteiger partial charge in [0.1, 0.15) is 0 Å². The third-order valence-corrected chi connectivity index (χ3v) is 7.86. The van der Waals surface area contributed by atoms with E-state index in [1.165, 1.54) is 10.8 Å². The minimum Gasteiger partial charge on any atom is -0.0996 e. The summed E-state index contributed by atoms with van der Waals surface area (Å²) in [5, 5.41) is 3.04. The highest BCUT2D eigenvalue weighted by atomic mass is 28.3. The Bertz CT molecular complexity index is 259. The van der Waals surface area contributed by atoms with E-state index in [1.807, 2.05) is 0 Å². The highest BCUT2D eigenvalue weighted by Gasteiger charge is 2.24. The summed E-state index contributed by atoms with van der Waals surface area (Å²) in [6.45, 7) is 23.2. The number of rotatable bonds is 3. The fraction of sp³-hybridized carbons (Fsp3) is 0.667. The van der Waals surface area contributed by atoms with Crippen molar-refractivity contribution < 1.29 is 0 Å². The van der Waals surface area contributed by atoms with Crippen molar-refractivity contribution in [1.82, 2.24) is 0 Å². The lowest BCUT2D eigenvalue weighted by Crippen LogP contribution is -2.29. The molecule has 0 nitrogen and oxygen atoms in total. The van der Waals surface area contributed by atoms with E-state index < -0.39 is 16.1 Å². The molecule has 82 valence electrons. The summed E-state index contributed by atoms with van der Waals surface area (Å²) in [6.07, 6.45) is 0. The van der Waals surface area contributed by atoms with Gasteiger partial charge < -0.3 is 0 Å². The molecule has 0 radical (unpaired) electrons. The van der Waals surface area contributed by atoms with Crippen LogP contribution in [-0.4, -0.2) is 16.1 Å². The van der Waals surface area contributed by atoms with Crippen molar-refractivity contribution >= 4 is 16.1 Å². The van der Waals surface area contributed by atoms with Crippen LogP contribution in [0.1, 0.15) is 13.8 Å². The molecule has 0 unspecified atom stereocenters. The van der Waals surface area contributed by atoms with E-state index in [9.17, 15) is 0 Å². The van der Waals surface area contributed by atoms with Crippen LogP contribution in [0, 0.1) is 0 Å². The molecule has 0 aliphatic carbocycles. The molecule has 0 amide bonds. The zero-order valence-electron chi connectivity index (χ0n) is 11.2. The molecule has 0 aliphatic rings. The molecule has 0 saturated carbocycles. The molecule has 0 aliphatic heterocycles. The molecule has 14 heavy (non-hydrogen) atoms. The van der Waals surface area contributed by atoms with Crippen molar-refractivity contribution in [3.8, 4) is 0 Å². The van der Waals surface area contributed by atoms with E-state index in [2.05, 4.69) is 59.7 Å². The summed E-state index contributed by atoms with van der Waals surface area (Å²) in [5.41, 5.74) is 1.49. The van der Waals surface area contributed by atoms with Crippen molar-refractivity contribution in [2.75, 3.05) is 0 Å². The first kappa shape index (κ1) is 13.9. The predicted octanol–water partition coefficient (Wildman–Crippen LogP) is 4.63. The fourth-order valence-corrected chi connectivity index (χ4v) is 4.06. The molecule has 0 N–H and O–H groups in total. The maximum atomic E-state index is 4.29. The standard InChI is InChI=1S/C12H26Si2/c1-10(11(2)13(4,5)6)12(3)14(7,8)9/h2H2,1,3-9H3/b12-10+. The second-order valence-corrected chi connectivity index (χ2v) is 16.6. The van der Waals surface area contributed by atoms with Gasteiger partial charge in [-0.25, -0.2) is 0 Å². The molecule has 0 atom stereocenters. The molecule has 0 bridgehead atoms. The smallest absolute Gasteiger partial charge is 0.0771 e. The maximum absolute atomic E-state index is 4.29. The van der Waals surface area contributed by atoms with Gasteiger partial charge in [-0.3, -0.25) is 0 Å². The van der Waals surface area contributed by atoms with Gasteiger partial charge >= 0.3 is 0 Å². The summed E-state index contributed by atoms with van der Waals surface area (Å²) in [7, 11) is -2.32. The van der Waals surface area contributed by atoms with E-state index in [0.717, 1.165) is 0 Å². The van der Waals surface area contributed by atoms with Crippen LogP contribution in [-0.2, 0) is 0 Å². The third-order valence-electron chi connectivity index (χ3n) is 3.05. The van der Waals surface area contributed by atoms with Gasteiger partial charge in [0.2, 0.25) is 0 Å². The summed E-state index contributed by atoms with van der Waals surface area (Å²) >= 11 is 0. The summed E-state index contributed by atoms with van der Waals surface area (Å²) < 4.78 is 0. The van der Waals surface area contributed by atoms with Gasteiger partial charge in [0, 0.05) is 0 Å². The van der Waals surface area contributed by atoms with E-state index in [0.29, 0.717) is 0 Å². The quantitative estimate of drug-likeness (QED) is 0.486. The Morgan fingerprint density at radius 2 is 1.14 bits per heavy atom. The average Bonchev–Trinajstić information content (AvgIpc) is 1.97. The molecule has 2 heteroatoms. The highest BCUT2D eigenvalue weighted by molar-refractivity contribution is 6.85. The normalized spacial score (nSPS) is 15.1. The minimum absolute atomic E-state index is 1.12. The maximum Gasteiger partial charge on any atom is 0.0771 e. The van der Waals surface area contributed by atoms with Crippen molar-refractivity contribution in [3.63, 3.8) is 0 Å². The van der Waals surface area contributed by atoms with Gasteiger partial charge in [0.05, 0.1) is 16.1 Å². The van der Waals surface area contributed by atoms with Gasteiger partial charge in [-0.15, -0.1) is 0 Å². The Labute approximate surface area is 92.1 Å². The van der Waals surface area contributed by atoms with Gasteiger partial charge in [-0.05, 0) is 13.8 Å². The van der Waals surface area contributed by atoms with Crippen molar-refractivity contribution in [2.45, 2.75) is 53.1 Å². The third kappa shape index (κ3) is 3.58. The van der Waals surface area contributed by atoms with Gasteiger partial charge in [0.25, 0.3) is 0 Å². The van der Waals surface area contributed by atoms with Gasteiger partial charge in [0.15, 0.2) is 0 Å². The van der Waals surface area contributed by atoms with Crippen LogP contribution in [0.4, 0.5) is 0 Å². The Morgan fingerprint density at radius 3 is 1.36 bits per heavy atom. The molecule has 0 rings (SSSR count). The highest BCUT2D eigenvalue weighted by Crippen LogP contribution is 2.27. The second kappa shape index (κ2) is 4.19. The van der Waals surface area contributed by atoms with Crippen LogP contribution in [0.2, 0.25) is 39.3 Å². The number of hydrogen-bond acceptors (Lipinski definition) is 0. The van der Waals surface area contributed by atoms with Gasteiger partial charge in [-0.2, -0.15) is 0 Å². The lowest BCUT2D eigenvalue weighted by molar-refractivity contribution is 1.36. The molecule has 0 saturated heterocycles. The lowest BCUT2D eigenvalue weighted by atomic mass is 10.3. The van der Waals surface area contributed by atoms with Crippen molar-refractivity contribution in [2.24, 2.45) is 0 Å².